The van der Waals surface area contributed by atoms with E-state index in [4.69, 9.17) is 139 Å². The van der Waals surface area contributed by atoms with Gasteiger partial charge in [0.2, 0.25) is 0 Å². The zero-order valence-electron chi connectivity index (χ0n) is 27.9. The van der Waals surface area contributed by atoms with E-state index in [1.165, 1.54) is 0 Å². The van der Waals surface area contributed by atoms with Gasteiger partial charge >= 0.3 is 627 Å². The van der Waals surface area contributed by atoms with Gasteiger partial charge in [0.15, 0.2) is 0 Å². The Balaban J connectivity index is -0.0000000147. The molecule has 0 rings (SSSR count). The average molecular weight is 2850 g/mol. The van der Waals surface area contributed by atoms with Crippen LogP contribution in [-0.2, 0) is 421 Å². The molecule has 0 spiro atoms. The van der Waals surface area contributed by atoms with Gasteiger partial charge in [0.25, 0.3) is 0 Å². The molecule has 0 aliphatic heterocycles. The van der Waals surface area contributed by atoms with E-state index in [2.05, 4.69) is 0 Å². The standard InChI is InChI=1S/4Nb.42O.4Pb.7Ti.7Zr/q4*+5;;;;;;;;;;;;;;;28*-1;4*+2;;;;;;;;;;;;;;. The third-order valence-corrected chi connectivity index (χ3v) is 0. The minimum absolute atomic E-state index is 0. The summed E-state index contributed by atoms with van der Waals surface area (Å²) >= 11 is -58.6. The van der Waals surface area contributed by atoms with Crippen LogP contribution in [0.5, 0.6) is 0 Å². The van der Waals surface area contributed by atoms with E-state index in [1.807, 2.05) is 0 Å². The van der Waals surface area contributed by atoms with Crippen LogP contribution < -0.4 is 96.2 Å². The molecule has 0 fully saturated rings. The number of rotatable bonds is 0. The molecule has 0 unspecified atom stereocenters. The molecule has 0 N–H and O–H groups in total. The average Bonchev–Trinajstić information content (AvgIpc) is 2.73. The molecule has 0 heterocycles. The van der Waals surface area contributed by atoms with Gasteiger partial charge in [0.05, 0.1) is 0 Å². The van der Waals surface area contributed by atoms with Crippen LogP contribution in [0.4, 0.5) is 0 Å². The van der Waals surface area contributed by atoms with Gasteiger partial charge in [-0.1, -0.05) is 0 Å². The SMILES string of the molecule is [Nb+5].[Nb+5].[Nb+5].[Nb+5].[O]=[Ti]([O-])[O-].[O]=[Ti]([O-])[O-].[O]=[Ti]([O-])[O-].[O]=[Ti]([O-])[O-].[O]=[Ti]([O-])[O-].[O]=[Ti]([O-])[O-].[O]=[Ti]([O-])[O-].[O]=[Zr]([O-])[O-].[O]=[Zr]([O-])[O-].[O]=[Zr]([O-])[O-].[O]=[Zr]([O-])[O-].[O]=[Zr]([O-])[O-].[O]=[Zr]([O-])[O-].[O]=[Zr]([O-])[O-].[Pb+2].[Pb+2].[Pb+2].[Pb+2]. The molecule has 0 saturated carbocycles. The third-order valence-electron chi connectivity index (χ3n) is 0. The molecule has 344 valence electrons. The topological polar surface area (TPSA) is 885 Å². The van der Waals surface area contributed by atoms with Crippen molar-refractivity contribution in [3.8, 4) is 0 Å². The van der Waals surface area contributed by atoms with Crippen molar-refractivity contribution in [3.05, 3.63) is 0 Å². The van der Waals surface area contributed by atoms with E-state index in [0.29, 0.717) is 0 Å². The molecule has 64 heavy (non-hydrogen) atoms. The first-order valence-electron chi connectivity index (χ1n) is 8.57. The van der Waals surface area contributed by atoms with Crippen LogP contribution in [0.2, 0.25) is 0 Å². The van der Waals surface area contributed by atoms with E-state index in [0.717, 1.165) is 0 Å². The first kappa shape index (κ1) is 147. The van der Waals surface area contributed by atoms with Crippen LogP contribution in [0.25, 0.3) is 0 Å². The van der Waals surface area contributed by atoms with Crippen LogP contribution in [0.15, 0.2) is 0 Å². The Morgan fingerprint density at radius 3 is 0.188 bits per heavy atom. The van der Waals surface area contributed by atoms with E-state index in [9.17, 15) is 0 Å². The van der Waals surface area contributed by atoms with Crippen molar-refractivity contribution in [2.24, 2.45) is 0 Å². The maximum Gasteiger partial charge on any atom is 2.00 e. The monoisotopic (exact) mass is 2840 g/mol. The Hall–Kier alpha value is 13.9. The normalized spacial score (nSPS) is 5.69. The second-order valence-corrected chi connectivity index (χ2v) is 17.6. The fraction of sp³-hybridized carbons (Fsp3) is 0. The Labute approximate surface area is 609 Å². The predicted molar refractivity (Wildman–Crippen MR) is 32.6 cm³/mol. The maximum atomic E-state index is 8.61. The molecule has 0 saturated heterocycles. The Kier molecular flexibility index (Phi) is 327. The summed E-state index contributed by atoms with van der Waals surface area (Å²) in [6.45, 7) is 0. The Morgan fingerprint density at radius 1 is 0.188 bits per heavy atom. The summed E-state index contributed by atoms with van der Waals surface area (Å²) in [5.74, 6) is 0. The molecule has 0 aromatic carbocycles. The molecule has 42 nitrogen and oxygen atoms in total. The van der Waals surface area contributed by atoms with Gasteiger partial charge in [-0.15, -0.1) is 0 Å². The van der Waals surface area contributed by atoms with Gasteiger partial charge in [0, 0.05) is 0 Å². The van der Waals surface area contributed by atoms with Crippen LogP contribution in [0.1, 0.15) is 0 Å². The second kappa shape index (κ2) is 142. The van der Waals surface area contributed by atoms with Gasteiger partial charge < -0.3 is 0 Å². The minimum Gasteiger partial charge on any atom is 2.00 e. The van der Waals surface area contributed by atoms with E-state index in [1.54, 1.807) is 0 Å². The zero-order chi connectivity index (χ0) is 50.1. The summed E-state index contributed by atoms with van der Waals surface area (Å²) in [7, 11) is 0. The molecule has 0 aliphatic rings. The first-order valence-corrected chi connectivity index (χ1v) is 43.0. The smallest absolute Gasteiger partial charge is 2.00 e. The van der Waals surface area contributed by atoms with Gasteiger partial charge in [-0.2, -0.15) is 0 Å². The fourth-order valence-corrected chi connectivity index (χ4v) is 0. The molecule has 0 aromatic rings. The maximum absolute atomic E-state index is 8.61. The van der Waals surface area contributed by atoms with Crippen molar-refractivity contribution in [2.45, 2.75) is 0 Å². The molecule has 0 bridgehead atoms. The Morgan fingerprint density at radius 2 is 0.188 bits per heavy atom. The summed E-state index contributed by atoms with van der Waals surface area (Å²) < 4.78 is 361. The van der Waals surface area contributed by atoms with Gasteiger partial charge in [-0.3, -0.25) is 0 Å². The van der Waals surface area contributed by atoms with Crippen molar-refractivity contribution in [1.29, 1.82) is 0 Å². The van der Waals surface area contributed by atoms with Crippen molar-refractivity contribution in [1.82, 2.24) is 0 Å². The first-order chi connectivity index (χ1) is 24.2. The molecular formula is Nb4O42Pb4Ti7Zr7. The quantitative estimate of drug-likeness (QED) is 0.203. The minimum atomic E-state index is -4.29. The van der Waals surface area contributed by atoms with Crippen LogP contribution in [0, 0.1) is 0 Å². The molecule has 8 radical (unpaired) electrons. The van der Waals surface area contributed by atoms with E-state index >= 15 is 0 Å². The van der Waals surface area contributed by atoms with Crippen molar-refractivity contribution in [2.75, 3.05) is 0 Å². The summed E-state index contributed by atoms with van der Waals surface area (Å²) in [6.07, 6.45) is 0. The van der Waals surface area contributed by atoms with Crippen molar-refractivity contribution in [3.63, 3.8) is 0 Å². The Bertz CT molecular complexity index is 744. The van der Waals surface area contributed by atoms with Crippen LogP contribution in [-0.4, -0.2) is 109 Å². The zero-order valence-corrected chi connectivity index (χ0v) is 80.4. The number of hydrogen-bond acceptors (Lipinski definition) is 42. The summed E-state index contributed by atoms with van der Waals surface area (Å²) in [5, 5.41) is 0. The van der Waals surface area contributed by atoms with Gasteiger partial charge in [-0.05, 0) is 0 Å². The van der Waals surface area contributed by atoms with Crippen LogP contribution >= 0.6 is 0 Å². The molecule has 0 aliphatic carbocycles. The van der Waals surface area contributed by atoms with Crippen molar-refractivity contribution < 1.29 is 517 Å². The van der Waals surface area contributed by atoms with Crippen LogP contribution in [0.3, 0.4) is 0 Å². The van der Waals surface area contributed by atoms with Crippen molar-refractivity contribution >= 4 is 109 Å². The van der Waals surface area contributed by atoms with Gasteiger partial charge in [-0.25, -0.2) is 0 Å². The summed E-state index contributed by atoms with van der Waals surface area (Å²) in [6, 6.07) is 0. The number of hydrogen-bond donors (Lipinski definition) is 0. The summed E-state index contributed by atoms with van der Waals surface area (Å²) in [4.78, 5) is 0. The summed E-state index contributed by atoms with van der Waals surface area (Å²) in [5.41, 5.74) is 0. The fourth-order valence-electron chi connectivity index (χ4n) is 0. The predicted octanol–water partition coefficient (Wildman–Crippen LogP) is -36.5. The van der Waals surface area contributed by atoms with E-state index in [-0.39, 0.29) is 199 Å². The molecular weight excluding hydrogens is 2850 g/mol. The largest absolute Gasteiger partial charge is 2.00 e. The van der Waals surface area contributed by atoms with Gasteiger partial charge in [0.1, 0.15) is 0 Å². The van der Waals surface area contributed by atoms with E-state index < -0.39 is 289 Å². The molecule has 0 atom stereocenters. The molecule has 64 heteroatoms. The third kappa shape index (κ3) is 2200. The molecule has 0 aromatic heterocycles. The molecule has 0 amide bonds. The second-order valence-electron chi connectivity index (χ2n) is 3.50.